The van der Waals surface area contributed by atoms with Crippen molar-refractivity contribution >= 4 is 11.9 Å². The van der Waals surface area contributed by atoms with Gasteiger partial charge in [0.05, 0.1) is 12.6 Å². The number of imide groups is 1. The summed E-state index contributed by atoms with van der Waals surface area (Å²) < 4.78 is 13.0. The molecule has 0 radical (unpaired) electrons. The molecule has 1 atom stereocenters. The standard InChI is InChI=1S/C12H13FN2O3/c1-14-7-11(17)15(12(14)18)6-10(16)8-3-2-4-9(13)5-8/h2-5,10,16H,6-7H2,1H3. The molecule has 6 heteroatoms. The summed E-state index contributed by atoms with van der Waals surface area (Å²) in [4.78, 5) is 25.3. The second kappa shape index (κ2) is 4.73. The third-order valence-electron chi connectivity index (χ3n) is 2.82. The number of aliphatic hydroxyl groups is 1. The van der Waals surface area contributed by atoms with Gasteiger partial charge in [-0.3, -0.25) is 9.69 Å². The molecular weight excluding hydrogens is 239 g/mol. The van der Waals surface area contributed by atoms with E-state index >= 15 is 0 Å². The molecular formula is C12H13FN2O3. The summed E-state index contributed by atoms with van der Waals surface area (Å²) in [6.45, 7) is -0.153. The van der Waals surface area contributed by atoms with Crippen LogP contribution in [0.2, 0.25) is 0 Å². The summed E-state index contributed by atoms with van der Waals surface area (Å²) in [6, 6.07) is 5.00. The van der Waals surface area contributed by atoms with E-state index in [0.717, 1.165) is 4.90 Å². The molecule has 1 saturated heterocycles. The number of urea groups is 1. The van der Waals surface area contributed by atoms with Gasteiger partial charge in [0.15, 0.2) is 0 Å². The van der Waals surface area contributed by atoms with E-state index in [1.807, 2.05) is 0 Å². The second-order valence-corrected chi connectivity index (χ2v) is 4.21. The highest BCUT2D eigenvalue weighted by molar-refractivity contribution is 6.01. The van der Waals surface area contributed by atoms with Crippen LogP contribution in [0.5, 0.6) is 0 Å². The number of β-amino-alcohol motifs (C(OH)–C–C–N with tert-alkyl or cyclic N) is 1. The SMILES string of the molecule is CN1CC(=O)N(CC(O)c2cccc(F)c2)C1=O. The Kier molecular flexibility index (Phi) is 3.29. The van der Waals surface area contributed by atoms with Crippen molar-refractivity contribution in [2.75, 3.05) is 20.1 Å². The molecule has 1 aromatic carbocycles. The van der Waals surface area contributed by atoms with E-state index in [0.29, 0.717) is 5.56 Å². The molecule has 0 aliphatic carbocycles. The molecule has 0 saturated carbocycles. The number of amides is 3. The quantitative estimate of drug-likeness (QED) is 0.808. The molecule has 1 unspecified atom stereocenters. The smallest absolute Gasteiger partial charge is 0.327 e. The lowest BCUT2D eigenvalue weighted by atomic mass is 10.1. The molecule has 3 amide bonds. The van der Waals surface area contributed by atoms with Gasteiger partial charge >= 0.3 is 6.03 Å². The van der Waals surface area contributed by atoms with E-state index in [9.17, 15) is 19.1 Å². The number of benzene rings is 1. The van der Waals surface area contributed by atoms with Gasteiger partial charge in [-0.25, -0.2) is 9.18 Å². The van der Waals surface area contributed by atoms with Gasteiger partial charge in [0.25, 0.3) is 0 Å². The van der Waals surface area contributed by atoms with E-state index in [2.05, 4.69) is 0 Å². The van der Waals surface area contributed by atoms with Gasteiger partial charge in [-0.15, -0.1) is 0 Å². The van der Waals surface area contributed by atoms with Gasteiger partial charge in [0.1, 0.15) is 12.4 Å². The lowest BCUT2D eigenvalue weighted by molar-refractivity contribution is -0.126. The number of rotatable bonds is 3. The third kappa shape index (κ3) is 2.33. The average molecular weight is 252 g/mol. The van der Waals surface area contributed by atoms with E-state index < -0.39 is 18.0 Å². The molecule has 1 aliphatic rings. The summed E-state index contributed by atoms with van der Waals surface area (Å²) in [5.41, 5.74) is 0.338. The molecule has 1 N–H and O–H groups in total. The Balaban J connectivity index is 2.10. The second-order valence-electron chi connectivity index (χ2n) is 4.21. The molecule has 1 aliphatic heterocycles. The molecule has 5 nitrogen and oxygen atoms in total. The van der Waals surface area contributed by atoms with Gasteiger partial charge in [-0.05, 0) is 17.7 Å². The molecule has 96 valence electrons. The van der Waals surface area contributed by atoms with Crippen LogP contribution in [-0.2, 0) is 4.79 Å². The summed E-state index contributed by atoms with van der Waals surface area (Å²) >= 11 is 0. The molecule has 1 aromatic rings. The van der Waals surface area contributed by atoms with E-state index in [-0.39, 0.29) is 19.0 Å². The minimum atomic E-state index is -1.08. The number of hydrogen-bond donors (Lipinski definition) is 1. The maximum absolute atomic E-state index is 13.0. The Labute approximate surface area is 103 Å². The molecule has 0 bridgehead atoms. The van der Waals surface area contributed by atoms with Gasteiger partial charge in [-0.2, -0.15) is 0 Å². The fourth-order valence-electron chi connectivity index (χ4n) is 1.84. The van der Waals surface area contributed by atoms with Crippen molar-refractivity contribution in [3.05, 3.63) is 35.6 Å². The Morgan fingerprint density at radius 2 is 2.17 bits per heavy atom. The lowest BCUT2D eigenvalue weighted by Gasteiger charge is -2.18. The van der Waals surface area contributed by atoms with Crippen molar-refractivity contribution in [2.24, 2.45) is 0 Å². The van der Waals surface area contributed by atoms with Crippen LogP contribution in [0.3, 0.4) is 0 Å². The first-order valence-electron chi connectivity index (χ1n) is 5.48. The summed E-state index contributed by atoms with van der Waals surface area (Å²) in [5, 5.41) is 9.90. The topological polar surface area (TPSA) is 60.9 Å². The molecule has 2 rings (SSSR count). The first-order chi connectivity index (χ1) is 8.49. The Hall–Kier alpha value is -1.95. The van der Waals surface area contributed by atoms with Gasteiger partial charge in [0.2, 0.25) is 5.91 Å². The summed E-state index contributed by atoms with van der Waals surface area (Å²) in [7, 11) is 1.51. The van der Waals surface area contributed by atoms with Crippen LogP contribution in [0.15, 0.2) is 24.3 Å². The van der Waals surface area contributed by atoms with Crippen molar-refractivity contribution in [2.45, 2.75) is 6.10 Å². The molecule has 18 heavy (non-hydrogen) atoms. The maximum Gasteiger partial charge on any atom is 0.327 e. The number of carbonyl (C=O) groups excluding carboxylic acids is 2. The van der Waals surface area contributed by atoms with Crippen LogP contribution in [0, 0.1) is 5.82 Å². The zero-order valence-corrected chi connectivity index (χ0v) is 9.84. The normalized spacial score (nSPS) is 17.5. The lowest BCUT2D eigenvalue weighted by Crippen LogP contribution is -2.35. The number of aliphatic hydroxyl groups excluding tert-OH is 1. The van der Waals surface area contributed by atoms with Crippen LogP contribution in [-0.4, -0.2) is 47.0 Å². The zero-order chi connectivity index (χ0) is 13.3. The number of nitrogens with zero attached hydrogens (tertiary/aromatic N) is 2. The van der Waals surface area contributed by atoms with E-state index in [1.54, 1.807) is 6.07 Å². The van der Waals surface area contributed by atoms with Gasteiger partial charge in [-0.1, -0.05) is 12.1 Å². The van der Waals surface area contributed by atoms with E-state index in [4.69, 9.17) is 0 Å². The third-order valence-corrected chi connectivity index (χ3v) is 2.82. The van der Waals surface area contributed by atoms with Crippen molar-refractivity contribution in [1.82, 2.24) is 9.80 Å². The van der Waals surface area contributed by atoms with Crippen LogP contribution in [0.4, 0.5) is 9.18 Å². The van der Waals surface area contributed by atoms with Crippen molar-refractivity contribution in [3.8, 4) is 0 Å². The fraction of sp³-hybridized carbons (Fsp3) is 0.333. The summed E-state index contributed by atoms with van der Waals surface area (Å²) in [6.07, 6.45) is -1.08. The Bertz CT molecular complexity index is 492. The highest BCUT2D eigenvalue weighted by atomic mass is 19.1. The minimum absolute atomic E-state index is 0.00864. The van der Waals surface area contributed by atoms with Crippen LogP contribution >= 0.6 is 0 Å². The number of carbonyl (C=O) groups is 2. The average Bonchev–Trinajstić information content (AvgIpc) is 2.56. The zero-order valence-electron chi connectivity index (χ0n) is 9.84. The first-order valence-corrected chi connectivity index (χ1v) is 5.48. The highest BCUT2D eigenvalue weighted by Gasteiger charge is 2.34. The van der Waals surface area contributed by atoms with Crippen LogP contribution in [0.1, 0.15) is 11.7 Å². The van der Waals surface area contributed by atoms with Gasteiger partial charge < -0.3 is 10.0 Å². The van der Waals surface area contributed by atoms with Crippen LogP contribution < -0.4 is 0 Å². The monoisotopic (exact) mass is 252 g/mol. The predicted molar refractivity (Wildman–Crippen MR) is 61.1 cm³/mol. The minimum Gasteiger partial charge on any atom is -0.387 e. The predicted octanol–water partition coefficient (Wildman–Crippen LogP) is 0.753. The number of halogens is 1. The summed E-state index contributed by atoms with van der Waals surface area (Å²) in [5.74, 6) is -0.833. The Morgan fingerprint density at radius 1 is 1.44 bits per heavy atom. The highest BCUT2D eigenvalue weighted by Crippen LogP contribution is 2.18. The molecule has 1 heterocycles. The largest absolute Gasteiger partial charge is 0.387 e. The van der Waals surface area contributed by atoms with Crippen molar-refractivity contribution in [1.29, 1.82) is 0 Å². The number of likely N-dealkylation sites (N-methyl/N-ethyl adjacent to an activating group) is 1. The molecule has 0 aromatic heterocycles. The molecule has 1 fully saturated rings. The van der Waals surface area contributed by atoms with E-state index in [1.165, 1.54) is 30.1 Å². The Morgan fingerprint density at radius 3 is 2.72 bits per heavy atom. The van der Waals surface area contributed by atoms with Crippen molar-refractivity contribution < 1.29 is 19.1 Å². The maximum atomic E-state index is 13.0. The van der Waals surface area contributed by atoms with Crippen molar-refractivity contribution in [3.63, 3.8) is 0 Å². The van der Waals surface area contributed by atoms with Gasteiger partial charge in [0, 0.05) is 7.05 Å². The molecule has 0 spiro atoms. The first kappa shape index (κ1) is 12.5. The van der Waals surface area contributed by atoms with Crippen LogP contribution in [0.25, 0.3) is 0 Å². The number of hydrogen-bond acceptors (Lipinski definition) is 3. The fourth-order valence-corrected chi connectivity index (χ4v) is 1.84.